The maximum atomic E-state index is 11.2. The fourth-order valence-electron chi connectivity index (χ4n) is 2.16. The molecule has 20 heavy (non-hydrogen) atoms. The number of aromatic hydroxyl groups is 1. The van der Waals surface area contributed by atoms with E-state index in [1.165, 1.54) is 18.3 Å². The Labute approximate surface area is 113 Å². The minimum Gasteiger partial charge on any atom is -0.506 e. The maximum Gasteiger partial charge on any atom is 0.279 e. The Kier molecular flexibility index (Phi) is 2.76. The summed E-state index contributed by atoms with van der Waals surface area (Å²) in [5.74, 6) is -0.0819. The molecule has 0 saturated heterocycles. The molecule has 6 nitrogen and oxygen atoms in total. The van der Waals surface area contributed by atoms with Gasteiger partial charge in [0, 0.05) is 24.7 Å². The number of benzene rings is 1. The first-order valence-corrected chi connectivity index (χ1v) is 5.84. The summed E-state index contributed by atoms with van der Waals surface area (Å²) in [4.78, 5) is 18.7. The molecule has 3 rings (SSSR count). The predicted molar refractivity (Wildman–Crippen MR) is 73.3 cm³/mol. The van der Waals surface area contributed by atoms with E-state index in [4.69, 9.17) is 0 Å². The highest BCUT2D eigenvalue weighted by atomic mass is 16.6. The van der Waals surface area contributed by atoms with Crippen LogP contribution in [0.3, 0.4) is 0 Å². The van der Waals surface area contributed by atoms with Crippen molar-refractivity contribution in [3.63, 3.8) is 0 Å². The van der Waals surface area contributed by atoms with Crippen molar-refractivity contribution in [1.82, 2.24) is 9.97 Å². The number of nitrogens with zero attached hydrogens (tertiary/aromatic N) is 3. The number of phenols is 1. The van der Waals surface area contributed by atoms with Crippen LogP contribution in [-0.2, 0) is 0 Å². The van der Waals surface area contributed by atoms with Gasteiger partial charge in [0.25, 0.3) is 5.69 Å². The van der Waals surface area contributed by atoms with Crippen LogP contribution in [0.1, 0.15) is 0 Å². The number of aromatic nitrogens is 2. The first-order valence-electron chi connectivity index (χ1n) is 5.84. The smallest absolute Gasteiger partial charge is 0.279 e. The van der Waals surface area contributed by atoms with Crippen LogP contribution in [0, 0.1) is 10.1 Å². The summed E-state index contributed by atoms with van der Waals surface area (Å²) in [6.07, 6.45) is 4.73. The van der Waals surface area contributed by atoms with Gasteiger partial charge in [-0.2, -0.15) is 0 Å². The van der Waals surface area contributed by atoms with E-state index < -0.39 is 4.92 Å². The second-order valence-electron chi connectivity index (χ2n) is 4.18. The standard InChI is InChI=1S/C14H9N3O3/c18-12-2-1-11(17(19)20)13-10(5-8-16-14(12)13)9-3-6-15-7-4-9/h1-8,18H. The van der Waals surface area contributed by atoms with Gasteiger partial charge in [-0.3, -0.25) is 20.1 Å². The zero-order valence-corrected chi connectivity index (χ0v) is 10.2. The molecule has 0 aliphatic carbocycles. The number of non-ortho nitro benzene ring substituents is 1. The summed E-state index contributed by atoms with van der Waals surface area (Å²) in [7, 11) is 0. The van der Waals surface area contributed by atoms with Gasteiger partial charge in [0.15, 0.2) is 0 Å². The topological polar surface area (TPSA) is 89.2 Å². The van der Waals surface area contributed by atoms with E-state index in [2.05, 4.69) is 9.97 Å². The molecule has 6 heteroatoms. The third-order valence-electron chi connectivity index (χ3n) is 3.04. The zero-order chi connectivity index (χ0) is 14.1. The number of hydrogen-bond acceptors (Lipinski definition) is 5. The molecule has 0 amide bonds. The molecule has 0 aliphatic rings. The van der Waals surface area contributed by atoms with Crippen molar-refractivity contribution in [2.24, 2.45) is 0 Å². The number of fused-ring (bicyclic) bond motifs is 1. The fraction of sp³-hybridized carbons (Fsp3) is 0. The van der Waals surface area contributed by atoms with Crippen molar-refractivity contribution in [3.8, 4) is 16.9 Å². The molecular formula is C14H9N3O3. The molecule has 98 valence electrons. The Morgan fingerprint density at radius 3 is 2.50 bits per heavy atom. The van der Waals surface area contributed by atoms with Crippen molar-refractivity contribution < 1.29 is 10.0 Å². The second-order valence-corrected chi connectivity index (χ2v) is 4.18. The fourth-order valence-corrected chi connectivity index (χ4v) is 2.16. The number of pyridine rings is 2. The van der Waals surface area contributed by atoms with Gasteiger partial charge >= 0.3 is 0 Å². The molecular weight excluding hydrogens is 258 g/mol. The highest BCUT2D eigenvalue weighted by Gasteiger charge is 2.19. The average molecular weight is 267 g/mol. The van der Waals surface area contributed by atoms with E-state index in [0.29, 0.717) is 10.9 Å². The lowest BCUT2D eigenvalue weighted by molar-refractivity contribution is -0.383. The van der Waals surface area contributed by atoms with E-state index in [9.17, 15) is 15.2 Å². The Morgan fingerprint density at radius 2 is 1.80 bits per heavy atom. The summed E-state index contributed by atoms with van der Waals surface area (Å²) < 4.78 is 0. The first-order chi connectivity index (χ1) is 9.68. The van der Waals surface area contributed by atoms with Crippen LogP contribution in [0.25, 0.3) is 22.0 Å². The van der Waals surface area contributed by atoms with Gasteiger partial charge in [0.05, 0.1) is 10.3 Å². The average Bonchev–Trinajstić information content (AvgIpc) is 2.48. The molecule has 3 aromatic rings. The van der Waals surface area contributed by atoms with Crippen LogP contribution in [0.5, 0.6) is 5.75 Å². The summed E-state index contributed by atoms with van der Waals surface area (Å²) in [5, 5.41) is 21.4. The summed E-state index contributed by atoms with van der Waals surface area (Å²) in [5.41, 5.74) is 1.55. The van der Waals surface area contributed by atoms with Gasteiger partial charge in [-0.1, -0.05) is 0 Å². The molecule has 1 aromatic carbocycles. The molecule has 0 spiro atoms. The Balaban J connectivity index is 2.44. The van der Waals surface area contributed by atoms with Crippen molar-refractivity contribution in [3.05, 3.63) is 59.0 Å². The van der Waals surface area contributed by atoms with Crippen LogP contribution >= 0.6 is 0 Å². The largest absolute Gasteiger partial charge is 0.506 e. The van der Waals surface area contributed by atoms with Crippen molar-refractivity contribution in [2.75, 3.05) is 0 Å². The van der Waals surface area contributed by atoms with Gasteiger partial charge in [-0.05, 0) is 35.4 Å². The van der Waals surface area contributed by atoms with Crippen molar-refractivity contribution in [2.45, 2.75) is 0 Å². The SMILES string of the molecule is O=[N+]([O-])c1ccc(O)c2nccc(-c3ccncc3)c12. The van der Waals surface area contributed by atoms with Crippen LogP contribution < -0.4 is 0 Å². The molecule has 0 atom stereocenters. The lowest BCUT2D eigenvalue weighted by Gasteiger charge is -2.07. The van der Waals surface area contributed by atoms with Gasteiger partial charge in [0.1, 0.15) is 11.3 Å². The van der Waals surface area contributed by atoms with Gasteiger partial charge in [-0.25, -0.2) is 0 Å². The lowest BCUT2D eigenvalue weighted by atomic mass is 10.0. The van der Waals surface area contributed by atoms with Gasteiger partial charge < -0.3 is 5.11 Å². The number of nitro groups is 1. The maximum absolute atomic E-state index is 11.2. The molecule has 0 saturated carbocycles. The van der Waals surface area contributed by atoms with Gasteiger partial charge in [0.2, 0.25) is 0 Å². The normalized spacial score (nSPS) is 10.6. The summed E-state index contributed by atoms with van der Waals surface area (Å²) in [6, 6.07) is 7.75. The molecule has 0 radical (unpaired) electrons. The van der Waals surface area contributed by atoms with E-state index in [1.54, 1.807) is 30.6 Å². The molecule has 2 heterocycles. The van der Waals surface area contributed by atoms with E-state index in [1.807, 2.05) is 0 Å². The Bertz CT molecular complexity index is 803. The van der Waals surface area contributed by atoms with Crippen LogP contribution in [0.2, 0.25) is 0 Å². The third kappa shape index (κ3) is 1.83. The first kappa shape index (κ1) is 12.0. The van der Waals surface area contributed by atoms with Crippen molar-refractivity contribution >= 4 is 16.6 Å². The molecule has 0 unspecified atom stereocenters. The van der Waals surface area contributed by atoms with Crippen LogP contribution in [-0.4, -0.2) is 20.0 Å². The number of rotatable bonds is 2. The summed E-state index contributed by atoms with van der Waals surface area (Å²) in [6.45, 7) is 0. The zero-order valence-electron chi connectivity index (χ0n) is 10.2. The van der Waals surface area contributed by atoms with E-state index in [0.717, 1.165) is 5.56 Å². The number of phenolic OH excluding ortho intramolecular Hbond substituents is 1. The van der Waals surface area contributed by atoms with E-state index >= 15 is 0 Å². The quantitative estimate of drug-likeness (QED) is 0.569. The minimum atomic E-state index is -0.478. The van der Waals surface area contributed by atoms with Gasteiger partial charge in [-0.15, -0.1) is 0 Å². The second kappa shape index (κ2) is 4.58. The molecule has 0 bridgehead atoms. The molecule has 1 N–H and O–H groups in total. The Hall–Kier alpha value is -3.02. The molecule has 2 aromatic heterocycles. The predicted octanol–water partition coefficient (Wildman–Crippen LogP) is 2.91. The number of hydrogen-bond donors (Lipinski definition) is 1. The van der Waals surface area contributed by atoms with E-state index in [-0.39, 0.29) is 17.0 Å². The third-order valence-corrected chi connectivity index (χ3v) is 3.04. The molecule has 0 fully saturated rings. The monoisotopic (exact) mass is 267 g/mol. The van der Waals surface area contributed by atoms with Crippen molar-refractivity contribution in [1.29, 1.82) is 0 Å². The van der Waals surface area contributed by atoms with Crippen LogP contribution in [0.4, 0.5) is 5.69 Å². The van der Waals surface area contributed by atoms with Crippen LogP contribution in [0.15, 0.2) is 48.9 Å². The highest BCUT2D eigenvalue weighted by Crippen LogP contribution is 2.37. The number of nitro benzene ring substituents is 1. The summed E-state index contributed by atoms with van der Waals surface area (Å²) >= 11 is 0. The highest BCUT2D eigenvalue weighted by molar-refractivity contribution is 6.03. The minimum absolute atomic E-state index is 0.0819. The lowest BCUT2D eigenvalue weighted by Crippen LogP contribution is -1.93. The Morgan fingerprint density at radius 1 is 1.05 bits per heavy atom. The molecule has 0 aliphatic heterocycles.